The molecule has 0 bridgehead atoms. The van der Waals surface area contributed by atoms with Crippen LogP contribution in [0, 0.1) is 0 Å². The molecular formula is C37H39N9O4. The van der Waals surface area contributed by atoms with Crippen LogP contribution in [0.15, 0.2) is 126 Å². The zero-order chi connectivity index (χ0) is 35.1. The van der Waals surface area contributed by atoms with Crippen molar-refractivity contribution in [2.75, 3.05) is 6.54 Å². The Morgan fingerprint density at radius 2 is 1.40 bits per heavy atom. The number of carbonyl (C=O) groups excluding carboxylic acids is 3. The molecular weight excluding hydrogens is 634 g/mol. The van der Waals surface area contributed by atoms with Crippen LogP contribution in [0.3, 0.4) is 0 Å². The number of aliphatic imine (C=N–C) groups is 1. The number of aromatic nitrogens is 3. The molecule has 1 aromatic heterocycles. The van der Waals surface area contributed by atoms with Crippen LogP contribution in [0.2, 0.25) is 0 Å². The van der Waals surface area contributed by atoms with E-state index in [0.29, 0.717) is 12.1 Å². The lowest BCUT2D eigenvalue weighted by Gasteiger charge is -2.23. The fraction of sp³-hybridized carbons (Fsp3) is 0.189. The maximum Gasteiger partial charge on any atom is 0.321 e. The molecule has 0 radical (unpaired) electrons. The second kappa shape index (κ2) is 17.6. The average molecular weight is 674 g/mol. The fourth-order valence-electron chi connectivity index (χ4n) is 5.19. The highest BCUT2D eigenvalue weighted by Crippen LogP contribution is 2.25. The standard InChI is InChI=1S/C37H39N9O4/c38-36(43-37(50)41-24-29-25-46(45-44-29)30-15-8-3-9-16-30)39-22-10-17-32(34(48)40-23-26-18-20-31(47)21-19-26)42-35(49)33(27-11-4-1-5-12-27)28-13-6-2-7-14-28/h1-9,11-16,18-21,25,32-33,47H,10,17,22-24H2,(H,40,48)(H,42,49)(H4,38,39,41,43,50)/t32-/m1/s1. The van der Waals surface area contributed by atoms with Gasteiger partial charge in [-0.2, -0.15) is 0 Å². The monoisotopic (exact) mass is 673 g/mol. The van der Waals surface area contributed by atoms with Gasteiger partial charge < -0.3 is 26.8 Å². The number of hydrogen-bond acceptors (Lipinski definition) is 7. The molecule has 5 rings (SSSR count). The number of nitrogens with zero attached hydrogens (tertiary/aromatic N) is 4. The van der Waals surface area contributed by atoms with Crippen LogP contribution >= 0.6 is 0 Å². The van der Waals surface area contributed by atoms with Crippen molar-refractivity contribution in [2.45, 2.75) is 37.9 Å². The van der Waals surface area contributed by atoms with Crippen LogP contribution in [0.25, 0.3) is 5.69 Å². The molecule has 13 nitrogen and oxygen atoms in total. The molecule has 5 aromatic rings. The molecule has 0 aliphatic rings. The number of amides is 4. The molecule has 1 heterocycles. The second-order valence-electron chi connectivity index (χ2n) is 11.4. The van der Waals surface area contributed by atoms with Gasteiger partial charge in [0.2, 0.25) is 11.8 Å². The number of benzene rings is 4. The maximum absolute atomic E-state index is 13.8. The molecule has 50 heavy (non-hydrogen) atoms. The van der Waals surface area contributed by atoms with Crippen molar-refractivity contribution in [3.8, 4) is 11.4 Å². The topological polar surface area (TPSA) is 189 Å². The summed E-state index contributed by atoms with van der Waals surface area (Å²) in [5.41, 5.74) is 9.72. The number of urea groups is 1. The lowest BCUT2D eigenvalue weighted by atomic mass is 9.90. The largest absolute Gasteiger partial charge is 0.508 e. The maximum atomic E-state index is 13.8. The zero-order valence-corrected chi connectivity index (χ0v) is 27.3. The first-order valence-corrected chi connectivity index (χ1v) is 16.1. The first-order chi connectivity index (χ1) is 24.4. The van der Waals surface area contributed by atoms with Crippen LogP contribution in [0.5, 0.6) is 5.75 Å². The van der Waals surface area contributed by atoms with Crippen LogP contribution in [-0.4, -0.2) is 56.5 Å². The molecule has 0 fully saturated rings. The lowest BCUT2D eigenvalue weighted by molar-refractivity contribution is -0.129. The molecule has 0 unspecified atom stereocenters. The average Bonchev–Trinajstić information content (AvgIpc) is 3.62. The molecule has 4 amide bonds. The highest BCUT2D eigenvalue weighted by Gasteiger charge is 2.27. The molecule has 1 atom stereocenters. The van der Waals surface area contributed by atoms with Crippen molar-refractivity contribution >= 4 is 23.8 Å². The quantitative estimate of drug-likeness (QED) is 0.0591. The molecule has 0 saturated carbocycles. The molecule has 0 saturated heterocycles. The summed E-state index contributed by atoms with van der Waals surface area (Å²) in [6, 6.07) is 33.3. The second-order valence-corrected chi connectivity index (χ2v) is 11.4. The van der Waals surface area contributed by atoms with Gasteiger partial charge in [0.1, 0.15) is 17.5 Å². The summed E-state index contributed by atoms with van der Waals surface area (Å²) in [5, 5.41) is 28.7. The van der Waals surface area contributed by atoms with Gasteiger partial charge >= 0.3 is 6.03 Å². The summed E-state index contributed by atoms with van der Waals surface area (Å²) in [7, 11) is 0. The number of para-hydroxylation sites is 1. The Balaban J connectivity index is 1.17. The van der Waals surface area contributed by atoms with E-state index in [4.69, 9.17) is 5.73 Å². The van der Waals surface area contributed by atoms with Crippen LogP contribution < -0.4 is 27.0 Å². The van der Waals surface area contributed by atoms with Gasteiger partial charge in [-0.3, -0.25) is 19.9 Å². The van der Waals surface area contributed by atoms with E-state index >= 15 is 0 Å². The highest BCUT2D eigenvalue weighted by molar-refractivity contribution is 5.95. The van der Waals surface area contributed by atoms with Gasteiger partial charge in [-0.1, -0.05) is 96.2 Å². The van der Waals surface area contributed by atoms with E-state index in [2.05, 4.69) is 36.6 Å². The molecule has 0 aliphatic heterocycles. The number of phenols is 1. The summed E-state index contributed by atoms with van der Waals surface area (Å²) >= 11 is 0. The van der Waals surface area contributed by atoms with Gasteiger partial charge in [-0.15, -0.1) is 5.10 Å². The predicted octanol–water partition coefficient (Wildman–Crippen LogP) is 3.50. The Kier molecular flexibility index (Phi) is 12.3. The van der Waals surface area contributed by atoms with Gasteiger partial charge in [0.25, 0.3) is 0 Å². The third-order valence-corrected chi connectivity index (χ3v) is 7.73. The van der Waals surface area contributed by atoms with Crippen molar-refractivity contribution in [1.82, 2.24) is 36.3 Å². The van der Waals surface area contributed by atoms with Gasteiger partial charge in [-0.05, 0) is 53.8 Å². The van der Waals surface area contributed by atoms with Crippen molar-refractivity contribution < 1.29 is 19.5 Å². The normalized spacial score (nSPS) is 11.8. The van der Waals surface area contributed by atoms with Gasteiger partial charge in [0.15, 0.2) is 5.96 Å². The van der Waals surface area contributed by atoms with E-state index in [0.717, 1.165) is 22.4 Å². The Hall–Kier alpha value is -6.50. The number of rotatable bonds is 14. The van der Waals surface area contributed by atoms with Crippen LogP contribution in [-0.2, 0) is 22.7 Å². The molecule has 13 heteroatoms. The number of guanidine groups is 1. The van der Waals surface area contributed by atoms with Crippen molar-refractivity contribution in [2.24, 2.45) is 10.7 Å². The lowest BCUT2D eigenvalue weighted by Crippen LogP contribution is -2.48. The Bertz CT molecular complexity index is 1830. The Morgan fingerprint density at radius 1 is 0.780 bits per heavy atom. The number of nitrogens with two attached hydrogens (primary N) is 1. The van der Waals surface area contributed by atoms with E-state index in [1.54, 1.807) is 35.1 Å². The third-order valence-electron chi connectivity index (χ3n) is 7.73. The molecule has 7 N–H and O–H groups in total. The predicted molar refractivity (Wildman–Crippen MR) is 189 cm³/mol. The summed E-state index contributed by atoms with van der Waals surface area (Å²) in [6.07, 6.45) is 2.35. The van der Waals surface area contributed by atoms with Crippen molar-refractivity contribution in [3.63, 3.8) is 0 Å². The fourth-order valence-corrected chi connectivity index (χ4v) is 5.19. The Morgan fingerprint density at radius 3 is 2.04 bits per heavy atom. The van der Waals surface area contributed by atoms with Crippen molar-refractivity contribution in [1.29, 1.82) is 0 Å². The number of phenolic OH excluding ortho intramolecular Hbond substituents is 1. The van der Waals surface area contributed by atoms with E-state index in [9.17, 15) is 19.5 Å². The Labute approximate surface area is 289 Å². The SMILES string of the molecule is NC(=NCCC[C@@H](NC(=O)C(c1ccccc1)c1ccccc1)C(=O)NCc1ccc(O)cc1)NC(=O)NCc1cn(-c2ccccc2)nn1. The smallest absolute Gasteiger partial charge is 0.321 e. The minimum Gasteiger partial charge on any atom is -0.508 e. The molecule has 0 aliphatic carbocycles. The number of nitrogens with one attached hydrogen (secondary N) is 4. The van der Waals surface area contributed by atoms with E-state index in [1.807, 2.05) is 91.0 Å². The number of aromatic hydroxyl groups is 1. The first kappa shape index (κ1) is 34.8. The van der Waals surface area contributed by atoms with E-state index < -0.39 is 18.0 Å². The van der Waals surface area contributed by atoms with Crippen molar-refractivity contribution in [3.05, 3.63) is 144 Å². The van der Waals surface area contributed by atoms with Gasteiger partial charge in [0, 0.05) is 13.1 Å². The third kappa shape index (κ3) is 10.2. The first-order valence-electron chi connectivity index (χ1n) is 16.1. The minimum atomic E-state index is -0.883. The molecule has 4 aromatic carbocycles. The van der Waals surface area contributed by atoms with E-state index in [-0.39, 0.29) is 49.6 Å². The number of hydrogen-bond donors (Lipinski definition) is 6. The van der Waals surface area contributed by atoms with Gasteiger partial charge in [0.05, 0.1) is 24.3 Å². The minimum absolute atomic E-state index is 0.0963. The summed E-state index contributed by atoms with van der Waals surface area (Å²) < 4.78 is 1.61. The zero-order valence-electron chi connectivity index (χ0n) is 27.3. The van der Waals surface area contributed by atoms with Crippen LogP contribution in [0.1, 0.15) is 41.1 Å². The summed E-state index contributed by atoms with van der Waals surface area (Å²) in [5.74, 6) is -1.30. The molecule has 0 spiro atoms. The summed E-state index contributed by atoms with van der Waals surface area (Å²) in [6.45, 7) is 0.522. The summed E-state index contributed by atoms with van der Waals surface area (Å²) in [4.78, 5) is 43.9. The molecule has 256 valence electrons. The van der Waals surface area contributed by atoms with E-state index in [1.165, 1.54) is 0 Å². The highest BCUT2D eigenvalue weighted by atomic mass is 16.3. The number of carbonyl (C=O) groups is 3. The van der Waals surface area contributed by atoms with Crippen LogP contribution in [0.4, 0.5) is 4.79 Å². The van der Waals surface area contributed by atoms with Gasteiger partial charge in [-0.25, -0.2) is 9.48 Å².